The summed E-state index contributed by atoms with van der Waals surface area (Å²) < 4.78 is 13.7. The fourth-order valence-corrected chi connectivity index (χ4v) is 1.36. The summed E-state index contributed by atoms with van der Waals surface area (Å²) >= 11 is 5.49. The molecule has 0 saturated carbocycles. The fraction of sp³-hybridized carbons (Fsp3) is 0. The van der Waals surface area contributed by atoms with E-state index in [2.05, 4.69) is 10.4 Å². The standard InChI is InChI=1S/C7H3ClFN5O3/c8-3-1-5(13-7(15)10-11-12-13)6(14(16)17)2-4(3)9/h1-2H,(H,10,12,15). The molecule has 0 spiro atoms. The number of hydrogen-bond acceptors (Lipinski definition) is 5. The molecular formula is C7H3ClFN5O3. The van der Waals surface area contributed by atoms with Gasteiger partial charge in [-0.2, -0.15) is 4.68 Å². The van der Waals surface area contributed by atoms with Crippen molar-refractivity contribution in [2.24, 2.45) is 0 Å². The zero-order valence-electron chi connectivity index (χ0n) is 7.92. The smallest absolute Gasteiger partial charge is 0.258 e. The number of hydrogen-bond donors (Lipinski definition) is 1. The first kappa shape index (κ1) is 11.2. The molecule has 17 heavy (non-hydrogen) atoms. The molecule has 0 aliphatic rings. The molecular weight excluding hydrogens is 257 g/mol. The summed E-state index contributed by atoms with van der Waals surface area (Å²) in [4.78, 5) is 21.1. The molecule has 0 saturated heterocycles. The Morgan fingerprint density at radius 1 is 1.53 bits per heavy atom. The van der Waals surface area contributed by atoms with Crippen LogP contribution in [-0.2, 0) is 0 Å². The van der Waals surface area contributed by atoms with Crippen LogP contribution in [-0.4, -0.2) is 25.1 Å². The Morgan fingerprint density at radius 2 is 2.24 bits per heavy atom. The normalized spacial score (nSPS) is 10.5. The van der Waals surface area contributed by atoms with E-state index in [1.54, 1.807) is 0 Å². The third kappa shape index (κ3) is 1.87. The monoisotopic (exact) mass is 259 g/mol. The molecule has 0 bridgehead atoms. The number of tetrazole rings is 1. The number of aromatic amines is 1. The molecule has 1 aromatic heterocycles. The maximum Gasteiger partial charge on any atom is 0.366 e. The van der Waals surface area contributed by atoms with E-state index in [9.17, 15) is 19.3 Å². The minimum atomic E-state index is -0.960. The first-order valence-corrected chi connectivity index (χ1v) is 4.52. The molecule has 2 aromatic rings. The molecule has 1 aromatic carbocycles. The van der Waals surface area contributed by atoms with Crippen LogP contribution < -0.4 is 5.69 Å². The van der Waals surface area contributed by atoms with Gasteiger partial charge in [-0.15, -0.1) is 0 Å². The van der Waals surface area contributed by atoms with Crippen LogP contribution in [0.1, 0.15) is 0 Å². The van der Waals surface area contributed by atoms with Crippen LogP contribution >= 0.6 is 11.6 Å². The summed E-state index contributed by atoms with van der Waals surface area (Å²) in [7, 11) is 0. The second-order valence-corrected chi connectivity index (χ2v) is 3.34. The van der Waals surface area contributed by atoms with Crippen molar-refractivity contribution in [2.45, 2.75) is 0 Å². The van der Waals surface area contributed by atoms with Crippen molar-refractivity contribution in [3.63, 3.8) is 0 Å². The number of nitrogens with one attached hydrogen (secondary N) is 1. The number of H-pyrrole nitrogens is 1. The van der Waals surface area contributed by atoms with E-state index in [0.29, 0.717) is 10.7 Å². The van der Waals surface area contributed by atoms with Crippen molar-refractivity contribution in [3.8, 4) is 5.69 Å². The predicted molar refractivity (Wildman–Crippen MR) is 53.6 cm³/mol. The lowest BCUT2D eigenvalue weighted by Crippen LogP contribution is -2.17. The van der Waals surface area contributed by atoms with Crippen molar-refractivity contribution in [1.82, 2.24) is 20.2 Å². The van der Waals surface area contributed by atoms with E-state index in [0.717, 1.165) is 6.07 Å². The molecule has 10 heteroatoms. The number of nitro benzene ring substituents is 1. The quantitative estimate of drug-likeness (QED) is 0.629. The van der Waals surface area contributed by atoms with Gasteiger partial charge in [0, 0.05) is 0 Å². The van der Waals surface area contributed by atoms with Crippen molar-refractivity contribution in [2.75, 3.05) is 0 Å². The zero-order chi connectivity index (χ0) is 12.6. The molecule has 0 atom stereocenters. The summed E-state index contributed by atoms with van der Waals surface area (Å²) in [6, 6.07) is 1.54. The number of benzene rings is 1. The van der Waals surface area contributed by atoms with Gasteiger partial charge < -0.3 is 0 Å². The van der Waals surface area contributed by atoms with Crippen LogP contribution in [0.3, 0.4) is 0 Å². The molecule has 8 nitrogen and oxygen atoms in total. The first-order valence-electron chi connectivity index (χ1n) is 4.15. The third-order valence-electron chi connectivity index (χ3n) is 1.91. The fourth-order valence-electron chi connectivity index (χ4n) is 1.20. The Hall–Kier alpha value is -2.29. The topological polar surface area (TPSA) is 107 Å². The maximum absolute atomic E-state index is 13.1. The van der Waals surface area contributed by atoms with E-state index in [1.165, 1.54) is 0 Å². The van der Waals surface area contributed by atoms with Crippen LogP contribution in [0, 0.1) is 15.9 Å². The van der Waals surface area contributed by atoms with Gasteiger partial charge in [0.25, 0.3) is 5.69 Å². The summed E-state index contributed by atoms with van der Waals surface area (Å²) in [6.45, 7) is 0. The maximum atomic E-state index is 13.1. The van der Waals surface area contributed by atoms with Crippen LogP contribution in [0.25, 0.3) is 5.69 Å². The third-order valence-corrected chi connectivity index (χ3v) is 2.20. The van der Waals surface area contributed by atoms with Gasteiger partial charge in [-0.05, 0) is 16.5 Å². The van der Waals surface area contributed by atoms with Gasteiger partial charge in [0.2, 0.25) is 0 Å². The van der Waals surface area contributed by atoms with Crippen LogP contribution in [0.15, 0.2) is 16.9 Å². The summed E-state index contributed by atoms with van der Waals surface area (Å²) in [5.41, 5.74) is -1.70. The van der Waals surface area contributed by atoms with Crippen LogP contribution in [0.4, 0.5) is 10.1 Å². The van der Waals surface area contributed by atoms with Gasteiger partial charge in [-0.3, -0.25) is 10.1 Å². The lowest BCUT2D eigenvalue weighted by atomic mass is 10.2. The van der Waals surface area contributed by atoms with E-state index in [1.807, 2.05) is 5.10 Å². The highest BCUT2D eigenvalue weighted by Gasteiger charge is 2.21. The van der Waals surface area contributed by atoms with Crippen LogP contribution in [0.2, 0.25) is 5.02 Å². The molecule has 1 heterocycles. The number of rotatable bonds is 2. The Balaban J connectivity index is 2.77. The zero-order valence-corrected chi connectivity index (χ0v) is 8.68. The molecule has 2 rings (SSSR count). The lowest BCUT2D eigenvalue weighted by Gasteiger charge is -2.02. The Kier molecular flexibility index (Phi) is 2.60. The predicted octanol–water partition coefficient (Wildman–Crippen LogP) is 0.656. The highest BCUT2D eigenvalue weighted by molar-refractivity contribution is 6.31. The largest absolute Gasteiger partial charge is 0.366 e. The second kappa shape index (κ2) is 3.94. The molecule has 0 aliphatic heterocycles. The van der Waals surface area contributed by atoms with Gasteiger partial charge in [0.1, 0.15) is 5.82 Å². The van der Waals surface area contributed by atoms with Crippen molar-refractivity contribution >= 4 is 17.3 Å². The average Bonchev–Trinajstić information content (AvgIpc) is 2.67. The highest BCUT2D eigenvalue weighted by atomic mass is 35.5. The minimum absolute atomic E-state index is 0.264. The SMILES string of the molecule is O=c1[nH]nnn1-c1cc(Cl)c(F)cc1[N+](=O)[O-]. The molecule has 0 radical (unpaired) electrons. The molecule has 1 N–H and O–H groups in total. The molecule has 0 unspecified atom stereocenters. The van der Waals surface area contributed by atoms with Crippen molar-refractivity contribution in [1.29, 1.82) is 0 Å². The van der Waals surface area contributed by atoms with Gasteiger partial charge in [-0.25, -0.2) is 14.3 Å². The minimum Gasteiger partial charge on any atom is -0.258 e. The van der Waals surface area contributed by atoms with E-state index < -0.39 is 22.1 Å². The Bertz CT molecular complexity index is 651. The van der Waals surface area contributed by atoms with Gasteiger partial charge in [0.15, 0.2) is 5.69 Å². The molecule has 0 aliphatic carbocycles. The molecule has 0 amide bonds. The van der Waals surface area contributed by atoms with E-state index in [-0.39, 0.29) is 10.7 Å². The second-order valence-electron chi connectivity index (χ2n) is 2.93. The summed E-state index contributed by atoms with van der Waals surface area (Å²) in [5.74, 6) is -0.960. The van der Waals surface area contributed by atoms with Gasteiger partial charge in [-0.1, -0.05) is 11.6 Å². The molecule has 0 fully saturated rings. The number of halogens is 2. The van der Waals surface area contributed by atoms with Gasteiger partial charge in [0.05, 0.1) is 16.0 Å². The Labute approximate surface area is 96.8 Å². The number of nitro groups is 1. The average molecular weight is 260 g/mol. The van der Waals surface area contributed by atoms with Crippen molar-refractivity contribution in [3.05, 3.63) is 43.6 Å². The Morgan fingerprint density at radius 3 is 2.76 bits per heavy atom. The van der Waals surface area contributed by atoms with E-state index in [4.69, 9.17) is 11.6 Å². The number of aromatic nitrogens is 4. The summed E-state index contributed by atoms with van der Waals surface area (Å²) in [5, 5.41) is 18.8. The van der Waals surface area contributed by atoms with E-state index >= 15 is 0 Å². The molecule has 88 valence electrons. The lowest BCUT2D eigenvalue weighted by molar-refractivity contribution is -0.384. The van der Waals surface area contributed by atoms with Crippen LogP contribution in [0.5, 0.6) is 0 Å². The highest BCUT2D eigenvalue weighted by Crippen LogP contribution is 2.27. The van der Waals surface area contributed by atoms with Crippen molar-refractivity contribution < 1.29 is 9.31 Å². The number of nitrogens with zero attached hydrogens (tertiary/aromatic N) is 4. The summed E-state index contributed by atoms with van der Waals surface area (Å²) in [6.07, 6.45) is 0. The first-order chi connectivity index (χ1) is 8.00. The van der Waals surface area contributed by atoms with Gasteiger partial charge >= 0.3 is 5.69 Å².